The SMILES string of the molecule is COc1ccccc1CN(C)C(=O)CC(C)C1CCCNC1. The Hall–Kier alpha value is -1.55. The van der Waals surface area contributed by atoms with E-state index in [0.29, 0.717) is 24.8 Å². The predicted octanol–water partition coefficient (Wildman–Crippen LogP) is 2.68. The highest BCUT2D eigenvalue weighted by Gasteiger charge is 2.23. The third-order valence-electron chi connectivity index (χ3n) is 4.66. The molecule has 1 aliphatic heterocycles. The van der Waals surface area contributed by atoms with E-state index in [0.717, 1.165) is 24.4 Å². The van der Waals surface area contributed by atoms with E-state index >= 15 is 0 Å². The van der Waals surface area contributed by atoms with E-state index < -0.39 is 0 Å². The van der Waals surface area contributed by atoms with E-state index in [9.17, 15) is 4.79 Å². The number of ether oxygens (including phenoxy) is 1. The summed E-state index contributed by atoms with van der Waals surface area (Å²) in [7, 11) is 3.54. The van der Waals surface area contributed by atoms with Crippen LogP contribution in [0.15, 0.2) is 24.3 Å². The normalized spacial score (nSPS) is 19.5. The zero-order valence-electron chi connectivity index (χ0n) is 14.0. The molecule has 122 valence electrons. The molecule has 0 aromatic heterocycles. The van der Waals surface area contributed by atoms with E-state index in [1.807, 2.05) is 36.2 Å². The number of methoxy groups -OCH3 is 1. The van der Waals surface area contributed by atoms with Gasteiger partial charge < -0.3 is 15.0 Å². The maximum absolute atomic E-state index is 12.5. The van der Waals surface area contributed by atoms with Crippen molar-refractivity contribution in [1.29, 1.82) is 0 Å². The second-order valence-corrected chi connectivity index (χ2v) is 6.35. The molecule has 1 heterocycles. The first-order valence-electron chi connectivity index (χ1n) is 8.18. The molecule has 2 rings (SSSR count). The summed E-state index contributed by atoms with van der Waals surface area (Å²) in [5.41, 5.74) is 1.05. The summed E-state index contributed by atoms with van der Waals surface area (Å²) >= 11 is 0. The first kappa shape index (κ1) is 16.8. The van der Waals surface area contributed by atoms with Crippen LogP contribution in [0.2, 0.25) is 0 Å². The third kappa shape index (κ3) is 4.47. The first-order chi connectivity index (χ1) is 10.6. The monoisotopic (exact) mass is 304 g/mol. The molecule has 1 saturated heterocycles. The number of carbonyl (C=O) groups is 1. The number of rotatable bonds is 6. The summed E-state index contributed by atoms with van der Waals surface area (Å²) in [4.78, 5) is 14.3. The van der Waals surface area contributed by atoms with Crippen molar-refractivity contribution in [3.63, 3.8) is 0 Å². The lowest BCUT2D eigenvalue weighted by Crippen LogP contribution is -2.36. The summed E-state index contributed by atoms with van der Waals surface area (Å²) in [6.45, 7) is 4.96. The molecule has 1 aliphatic rings. The highest BCUT2D eigenvalue weighted by molar-refractivity contribution is 5.76. The summed E-state index contributed by atoms with van der Waals surface area (Å²) in [6.07, 6.45) is 3.08. The van der Waals surface area contributed by atoms with Gasteiger partial charge in [0.15, 0.2) is 0 Å². The third-order valence-corrected chi connectivity index (χ3v) is 4.66. The van der Waals surface area contributed by atoms with E-state index in [1.165, 1.54) is 12.8 Å². The molecular formula is C18H28N2O2. The fraction of sp³-hybridized carbons (Fsp3) is 0.611. The van der Waals surface area contributed by atoms with E-state index in [-0.39, 0.29) is 5.91 Å². The smallest absolute Gasteiger partial charge is 0.222 e. The zero-order valence-corrected chi connectivity index (χ0v) is 14.0. The van der Waals surface area contributed by atoms with Gasteiger partial charge in [-0.1, -0.05) is 25.1 Å². The van der Waals surface area contributed by atoms with E-state index in [4.69, 9.17) is 4.74 Å². The fourth-order valence-electron chi connectivity index (χ4n) is 3.14. The number of para-hydroxylation sites is 1. The van der Waals surface area contributed by atoms with Gasteiger partial charge in [-0.2, -0.15) is 0 Å². The minimum Gasteiger partial charge on any atom is -0.496 e. The van der Waals surface area contributed by atoms with Gasteiger partial charge in [-0.3, -0.25) is 4.79 Å². The number of hydrogen-bond acceptors (Lipinski definition) is 3. The van der Waals surface area contributed by atoms with Gasteiger partial charge in [-0.25, -0.2) is 0 Å². The van der Waals surface area contributed by atoms with Crippen molar-refractivity contribution in [1.82, 2.24) is 10.2 Å². The van der Waals surface area contributed by atoms with Crippen molar-refractivity contribution in [3.8, 4) is 5.75 Å². The van der Waals surface area contributed by atoms with Gasteiger partial charge in [0, 0.05) is 25.6 Å². The van der Waals surface area contributed by atoms with Crippen LogP contribution in [0.4, 0.5) is 0 Å². The van der Waals surface area contributed by atoms with Crippen molar-refractivity contribution in [2.75, 3.05) is 27.2 Å². The van der Waals surface area contributed by atoms with Crippen LogP contribution >= 0.6 is 0 Å². The van der Waals surface area contributed by atoms with Gasteiger partial charge in [0.1, 0.15) is 5.75 Å². The van der Waals surface area contributed by atoms with Crippen LogP contribution in [-0.4, -0.2) is 38.1 Å². The zero-order chi connectivity index (χ0) is 15.9. The standard InChI is InChI=1S/C18H28N2O2/c1-14(15-8-6-10-19-12-15)11-18(21)20(2)13-16-7-4-5-9-17(16)22-3/h4-5,7,9,14-15,19H,6,8,10-13H2,1-3H3. The van der Waals surface area contributed by atoms with Crippen LogP contribution in [-0.2, 0) is 11.3 Å². The van der Waals surface area contributed by atoms with Crippen molar-refractivity contribution < 1.29 is 9.53 Å². The Labute approximate surface area is 133 Å². The fourth-order valence-corrected chi connectivity index (χ4v) is 3.14. The average Bonchev–Trinajstić information content (AvgIpc) is 2.56. The number of piperidine rings is 1. The largest absolute Gasteiger partial charge is 0.496 e. The molecule has 2 unspecified atom stereocenters. The Morgan fingerprint density at radius 1 is 1.45 bits per heavy atom. The van der Waals surface area contributed by atoms with Gasteiger partial charge in [-0.05, 0) is 43.8 Å². The first-order valence-corrected chi connectivity index (χ1v) is 8.18. The van der Waals surface area contributed by atoms with Crippen LogP contribution in [0.3, 0.4) is 0 Å². The number of benzene rings is 1. The molecule has 0 bridgehead atoms. The molecule has 0 radical (unpaired) electrons. The van der Waals surface area contributed by atoms with Crippen molar-refractivity contribution in [2.24, 2.45) is 11.8 Å². The van der Waals surface area contributed by atoms with Gasteiger partial charge in [0.2, 0.25) is 5.91 Å². The van der Waals surface area contributed by atoms with Crippen molar-refractivity contribution in [3.05, 3.63) is 29.8 Å². The maximum Gasteiger partial charge on any atom is 0.222 e. The molecule has 0 spiro atoms. The number of nitrogens with one attached hydrogen (secondary N) is 1. The summed E-state index contributed by atoms with van der Waals surface area (Å²) < 4.78 is 5.36. The lowest BCUT2D eigenvalue weighted by molar-refractivity contribution is -0.131. The highest BCUT2D eigenvalue weighted by atomic mass is 16.5. The average molecular weight is 304 g/mol. The Morgan fingerprint density at radius 3 is 2.91 bits per heavy atom. The van der Waals surface area contributed by atoms with Gasteiger partial charge in [0.05, 0.1) is 7.11 Å². The lowest BCUT2D eigenvalue weighted by Gasteiger charge is -2.29. The second kappa shape index (κ2) is 8.18. The number of nitrogens with zero attached hydrogens (tertiary/aromatic N) is 1. The Bertz CT molecular complexity index is 484. The van der Waals surface area contributed by atoms with E-state index in [1.54, 1.807) is 7.11 Å². The van der Waals surface area contributed by atoms with Gasteiger partial charge >= 0.3 is 0 Å². The molecule has 1 aromatic carbocycles. The molecular weight excluding hydrogens is 276 g/mol. The molecule has 1 fully saturated rings. The van der Waals surface area contributed by atoms with Crippen LogP contribution in [0.25, 0.3) is 0 Å². The molecule has 2 atom stereocenters. The minimum absolute atomic E-state index is 0.212. The minimum atomic E-state index is 0.212. The Morgan fingerprint density at radius 2 is 2.23 bits per heavy atom. The van der Waals surface area contributed by atoms with Crippen LogP contribution in [0, 0.1) is 11.8 Å². The lowest BCUT2D eigenvalue weighted by atomic mass is 9.85. The Kier molecular flexibility index (Phi) is 6.25. The van der Waals surface area contributed by atoms with Crippen molar-refractivity contribution in [2.45, 2.75) is 32.7 Å². The second-order valence-electron chi connectivity index (χ2n) is 6.35. The van der Waals surface area contributed by atoms with Gasteiger partial charge in [0.25, 0.3) is 0 Å². The van der Waals surface area contributed by atoms with E-state index in [2.05, 4.69) is 12.2 Å². The molecule has 1 N–H and O–H groups in total. The summed E-state index contributed by atoms with van der Waals surface area (Å²) in [5.74, 6) is 2.11. The molecule has 1 aromatic rings. The molecule has 4 nitrogen and oxygen atoms in total. The maximum atomic E-state index is 12.5. The molecule has 22 heavy (non-hydrogen) atoms. The molecule has 4 heteroatoms. The number of carbonyl (C=O) groups excluding carboxylic acids is 1. The predicted molar refractivity (Wildman–Crippen MR) is 88.8 cm³/mol. The summed E-state index contributed by atoms with van der Waals surface area (Å²) in [6, 6.07) is 7.87. The molecule has 0 saturated carbocycles. The Balaban J connectivity index is 1.88. The van der Waals surface area contributed by atoms with Gasteiger partial charge in [-0.15, -0.1) is 0 Å². The van der Waals surface area contributed by atoms with Crippen LogP contribution in [0.5, 0.6) is 5.75 Å². The van der Waals surface area contributed by atoms with Crippen LogP contribution in [0.1, 0.15) is 31.7 Å². The molecule has 1 amide bonds. The van der Waals surface area contributed by atoms with Crippen molar-refractivity contribution >= 4 is 5.91 Å². The molecule has 0 aliphatic carbocycles. The highest BCUT2D eigenvalue weighted by Crippen LogP contribution is 2.24. The topological polar surface area (TPSA) is 41.6 Å². The summed E-state index contributed by atoms with van der Waals surface area (Å²) in [5, 5.41) is 3.43. The number of hydrogen-bond donors (Lipinski definition) is 1. The number of amides is 1. The van der Waals surface area contributed by atoms with Crippen LogP contribution < -0.4 is 10.1 Å². The quantitative estimate of drug-likeness (QED) is 0.878.